The number of hydrogen-bond donors (Lipinski definition) is 2. The molecule has 1 aliphatic heterocycles. The molecule has 0 unspecified atom stereocenters. The molecule has 142 valence electrons. The predicted octanol–water partition coefficient (Wildman–Crippen LogP) is 2.78. The van der Waals surface area contributed by atoms with E-state index in [-0.39, 0.29) is 18.2 Å². The molecule has 8 nitrogen and oxygen atoms in total. The predicted molar refractivity (Wildman–Crippen MR) is 104 cm³/mol. The maximum atomic E-state index is 12.4. The average molecular weight is 377 g/mol. The van der Waals surface area contributed by atoms with Gasteiger partial charge < -0.3 is 10.1 Å². The zero-order chi connectivity index (χ0) is 19.7. The van der Waals surface area contributed by atoms with Gasteiger partial charge in [-0.3, -0.25) is 14.9 Å². The van der Waals surface area contributed by atoms with Gasteiger partial charge in [0.25, 0.3) is 5.91 Å². The second-order valence-electron chi connectivity index (χ2n) is 6.56. The van der Waals surface area contributed by atoms with E-state index in [1.165, 1.54) is 4.68 Å². The number of hydrogen-bond acceptors (Lipinski definition) is 5. The molecule has 0 bridgehead atoms. The molecule has 4 rings (SSSR count). The van der Waals surface area contributed by atoms with Gasteiger partial charge >= 0.3 is 0 Å². The highest BCUT2D eigenvalue weighted by Crippen LogP contribution is 2.29. The molecular formula is C20H19N5O3. The number of ether oxygens (including phenoxy) is 1. The third-order valence-electron chi connectivity index (χ3n) is 4.53. The van der Waals surface area contributed by atoms with Gasteiger partial charge in [-0.05, 0) is 43.3 Å². The van der Waals surface area contributed by atoms with Crippen molar-refractivity contribution in [2.24, 2.45) is 0 Å². The van der Waals surface area contributed by atoms with Crippen molar-refractivity contribution in [3.8, 4) is 17.1 Å². The summed E-state index contributed by atoms with van der Waals surface area (Å²) in [5.74, 6) is 0.980. The normalized spacial score (nSPS) is 15.1. The Balaban J connectivity index is 1.50. The van der Waals surface area contributed by atoms with Gasteiger partial charge in [0.05, 0.1) is 13.5 Å². The van der Waals surface area contributed by atoms with Crippen LogP contribution in [0.5, 0.6) is 5.75 Å². The molecule has 3 aromatic rings. The molecular weight excluding hydrogens is 358 g/mol. The van der Waals surface area contributed by atoms with E-state index in [0.717, 1.165) is 16.9 Å². The lowest BCUT2D eigenvalue weighted by atomic mass is 10.2. The molecule has 0 spiro atoms. The molecule has 0 saturated heterocycles. The first kappa shape index (κ1) is 17.7. The standard InChI is InChI=1S/C20H19N5O3/c1-12-3-7-14(8-4-12)21-17(26)11-16-19(27)23-20-22-18(24-25(16)20)13-5-9-15(28-2)10-6-13/h3-10,16H,11H2,1-2H3,(H,21,26)(H,22,23,24,27)/t16-/m1/s1. The molecule has 0 saturated carbocycles. The first-order valence-electron chi connectivity index (χ1n) is 8.82. The van der Waals surface area contributed by atoms with Crippen LogP contribution in [-0.2, 0) is 9.59 Å². The van der Waals surface area contributed by atoms with Crippen LogP contribution in [0.1, 0.15) is 18.0 Å². The summed E-state index contributed by atoms with van der Waals surface area (Å²) in [6.07, 6.45) is -0.0296. The van der Waals surface area contributed by atoms with Crippen LogP contribution in [0.4, 0.5) is 11.6 Å². The number of methoxy groups -OCH3 is 1. The number of carbonyl (C=O) groups is 2. The molecule has 0 radical (unpaired) electrons. The van der Waals surface area contributed by atoms with Gasteiger partial charge in [-0.1, -0.05) is 17.7 Å². The number of nitrogens with zero attached hydrogens (tertiary/aromatic N) is 3. The molecule has 1 atom stereocenters. The van der Waals surface area contributed by atoms with Crippen LogP contribution >= 0.6 is 0 Å². The fourth-order valence-corrected chi connectivity index (χ4v) is 3.00. The van der Waals surface area contributed by atoms with Crippen LogP contribution in [0, 0.1) is 6.92 Å². The molecule has 2 heterocycles. The highest BCUT2D eigenvalue weighted by atomic mass is 16.5. The van der Waals surface area contributed by atoms with Crippen molar-refractivity contribution in [1.82, 2.24) is 14.8 Å². The summed E-state index contributed by atoms with van der Waals surface area (Å²) >= 11 is 0. The maximum Gasteiger partial charge on any atom is 0.252 e. The highest BCUT2D eigenvalue weighted by Gasteiger charge is 2.35. The molecule has 1 aliphatic rings. The van der Waals surface area contributed by atoms with E-state index in [1.54, 1.807) is 7.11 Å². The topological polar surface area (TPSA) is 98.1 Å². The summed E-state index contributed by atoms with van der Waals surface area (Å²) in [6, 6.07) is 14.0. The minimum absolute atomic E-state index is 0.0296. The lowest BCUT2D eigenvalue weighted by molar-refractivity contribution is -0.123. The Morgan fingerprint density at radius 2 is 1.89 bits per heavy atom. The van der Waals surface area contributed by atoms with E-state index in [1.807, 2.05) is 55.5 Å². The summed E-state index contributed by atoms with van der Waals surface area (Å²) in [7, 11) is 1.60. The first-order valence-corrected chi connectivity index (χ1v) is 8.82. The van der Waals surface area contributed by atoms with Crippen molar-refractivity contribution in [2.75, 3.05) is 17.7 Å². The highest BCUT2D eigenvalue weighted by molar-refractivity contribution is 6.01. The molecule has 1 aromatic heterocycles. The largest absolute Gasteiger partial charge is 0.497 e. The van der Waals surface area contributed by atoms with Crippen molar-refractivity contribution in [3.05, 3.63) is 54.1 Å². The first-order chi connectivity index (χ1) is 13.5. The molecule has 8 heteroatoms. The minimum Gasteiger partial charge on any atom is -0.497 e. The lowest BCUT2D eigenvalue weighted by Crippen LogP contribution is -2.23. The van der Waals surface area contributed by atoms with E-state index in [0.29, 0.717) is 17.5 Å². The van der Waals surface area contributed by atoms with Crippen molar-refractivity contribution in [3.63, 3.8) is 0 Å². The maximum absolute atomic E-state index is 12.4. The molecule has 2 N–H and O–H groups in total. The smallest absolute Gasteiger partial charge is 0.252 e. The second-order valence-corrected chi connectivity index (χ2v) is 6.56. The van der Waals surface area contributed by atoms with Crippen molar-refractivity contribution in [2.45, 2.75) is 19.4 Å². The summed E-state index contributed by atoms with van der Waals surface area (Å²) in [5, 5.41) is 9.91. The van der Waals surface area contributed by atoms with Crippen molar-refractivity contribution >= 4 is 23.5 Å². The Kier molecular flexibility index (Phi) is 4.52. The quantitative estimate of drug-likeness (QED) is 0.712. The number of rotatable bonds is 5. The van der Waals surface area contributed by atoms with Crippen LogP contribution in [-0.4, -0.2) is 33.7 Å². The van der Waals surface area contributed by atoms with Gasteiger partial charge in [-0.2, -0.15) is 4.98 Å². The van der Waals surface area contributed by atoms with E-state index in [4.69, 9.17) is 4.74 Å². The zero-order valence-electron chi connectivity index (χ0n) is 15.5. The second kappa shape index (κ2) is 7.15. The summed E-state index contributed by atoms with van der Waals surface area (Å²) in [6.45, 7) is 1.97. The van der Waals surface area contributed by atoms with Gasteiger partial charge in [0.15, 0.2) is 5.82 Å². The van der Waals surface area contributed by atoms with E-state index >= 15 is 0 Å². The van der Waals surface area contributed by atoms with Gasteiger partial charge in [0.1, 0.15) is 11.8 Å². The summed E-state index contributed by atoms with van der Waals surface area (Å²) < 4.78 is 6.62. The van der Waals surface area contributed by atoms with E-state index in [9.17, 15) is 9.59 Å². The van der Waals surface area contributed by atoms with Gasteiger partial charge in [0.2, 0.25) is 11.9 Å². The van der Waals surface area contributed by atoms with Crippen LogP contribution in [0.15, 0.2) is 48.5 Å². The van der Waals surface area contributed by atoms with E-state index in [2.05, 4.69) is 20.7 Å². The Labute approximate surface area is 161 Å². The van der Waals surface area contributed by atoms with E-state index < -0.39 is 6.04 Å². The Hall–Kier alpha value is -3.68. The van der Waals surface area contributed by atoms with Crippen molar-refractivity contribution < 1.29 is 14.3 Å². The van der Waals surface area contributed by atoms with Crippen LogP contribution < -0.4 is 15.4 Å². The number of anilines is 2. The van der Waals surface area contributed by atoms with Crippen LogP contribution in [0.25, 0.3) is 11.4 Å². The lowest BCUT2D eigenvalue weighted by Gasteiger charge is -2.10. The van der Waals surface area contributed by atoms with Gasteiger partial charge in [0, 0.05) is 11.3 Å². The molecule has 0 fully saturated rings. The van der Waals surface area contributed by atoms with Gasteiger partial charge in [-0.15, -0.1) is 5.10 Å². The molecule has 28 heavy (non-hydrogen) atoms. The van der Waals surface area contributed by atoms with Gasteiger partial charge in [-0.25, -0.2) is 4.68 Å². The third-order valence-corrected chi connectivity index (χ3v) is 4.53. The Bertz CT molecular complexity index is 1020. The fraction of sp³-hybridized carbons (Fsp3) is 0.200. The Morgan fingerprint density at radius 3 is 2.57 bits per heavy atom. The average Bonchev–Trinajstić information content (AvgIpc) is 3.22. The fourth-order valence-electron chi connectivity index (χ4n) is 3.00. The SMILES string of the molecule is COc1ccc(-c2nc3n(n2)[C@H](CC(=O)Nc2ccc(C)cc2)C(=O)N3)cc1. The molecule has 2 amide bonds. The molecule has 0 aliphatic carbocycles. The van der Waals surface area contributed by atoms with Crippen LogP contribution in [0.2, 0.25) is 0 Å². The number of nitrogens with one attached hydrogen (secondary N) is 2. The minimum atomic E-state index is -0.736. The molecule has 2 aromatic carbocycles. The Morgan fingerprint density at radius 1 is 1.18 bits per heavy atom. The number of aromatic nitrogens is 3. The number of amides is 2. The third kappa shape index (κ3) is 3.44. The number of aryl methyl sites for hydroxylation is 1. The number of benzene rings is 2. The zero-order valence-corrected chi connectivity index (χ0v) is 15.5. The monoisotopic (exact) mass is 377 g/mol. The summed E-state index contributed by atoms with van der Waals surface area (Å²) in [5.41, 5.74) is 2.58. The summed E-state index contributed by atoms with van der Waals surface area (Å²) in [4.78, 5) is 29.0. The van der Waals surface area contributed by atoms with Crippen LogP contribution in [0.3, 0.4) is 0 Å². The van der Waals surface area contributed by atoms with Crippen molar-refractivity contribution in [1.29, 1.82) is 0 Å². The number of fused-ring (bicyclic) bond motifs is 1. The number of carbonyl (C=O) groups excluding carboxylic acids is 2.